The van der Waals surface area contributed by atoms with E-state index in [1.54, 1.807) is 19.2 Å². The molecule has 2 aromatic carbocycles. The minimum atomic E-state index is 0.103. The number of aromatic hydroxyl groups is 1. The zero-order chi connectivity index (χ0) is 20.2. The normalized spacial score (nSPS) is 11.2. The quantitative estimate of drug-likeness (QED) is 0.329. The van der Waals surface area contributed by atoms with Crippen LogP contribution in [-0.4, -0.2) is 45.0 Å². The molecule has 0 amide bonds. The van der Waals surface area contributed by atoms with Crippen LogP contribution in [0.5, 0.6) is 17.2 Å². The number of aliphatic imine (C=N–C) groups is 1. The van der Waals surface area contributed by atoms with Crippen LogP contribution in [0, 0.1) is 0 Å². The molecule has 0 aliphatic rings. The topological polar surface area (TPSA) is 84.3 Å². The summed E-state index contributed by atoms with van der Waals surface area (Å²) in [7, 11) is 3.20. The van der Waals surface area contributed by atoms with Crippen molar-refractivity contribution in [3.63, 3.8) is 0 Å². The van der Waals surface area contributed by atoms with E-state index in [0.29, 0.717) is 31.5 Å². The minimum Gasteiger partial charge on any atom is -0.504 e. The highest BCUT2D eigenvalue weighted by atomic mass is 16.5. The van der Waals surface area contributed by atoms with Crippen LogP contribution in [0.4, 0.5) is 5.69 Å². The smallest absolute Gasteiger partial charge is 0.196 e. The van der Waals surface area contributed by atoms with Gasteiger partial charge >= 0.3 is 0 Å². The van der Waals surface area contributed by atoms with Crippen LogP contribution < -0.4 is 20.1 Å². The van der Waals surface area contributed by atoms with Crippen molar-refractivity contribution < 1.29 is 19.3 Å². The molecule has 0 fully saturated rings. The molecule has 152 valence electrons. The number of rotatable bonds is 10. The summed E-state index contributed by atoms with van der Waals surface area (Å²) in [5.74, 6) is 1.98. The fourth-order valence-electron chi connectivity index (χ4n) is 2.50. The Kier molecular flexibility index (Phi) is 8.94. The largest absolute Gasteiger partial charge is 0.504 e. The van der Waals surface area contributed by atoms with E-state index in [1.807, 2.05) is 37.3 Å². The monoisotopic (exact) mass is 387 g/mol. The molecule has 0 heterocycles. The number of hydrogen-bond donors (Lipinski definition) is 3. The van der Waals surface area contributed by atoms with Crippen molar-refractivity contribution >= 4 is 11.6 Å². The Bertz CT molecular complexity index is 765. The highest BCUT2D eigenvalue weighted by Crippen LogP contribution is 2.26. The van der Waals surface area contributed by atoms with Crippen LogP contribution in [0.2, 0.25) is 0 Å². The van der Waals surface area contributed by atoms with Crippen molar-refractivity contribution in [2.24, 2.45) is 4.99 Å². The zero-order valence-electron chi connectivity index (χ0n) is 16.7. The van der Waals surface area contributed by atoms with E-state index in [4.69, 9.17) is 14.2 Å². The van der Waals surface area contributed by atoms with Gasteiger partial charge in [-0.3, -0.25) is 0 Å². The van der Waals surface area contributed by atoms with E-state index in [2.05, 4.69) is 15.6 Å². The van der Waals surface area contributed by atoms with E-state index >= 15 is 0 Å². The highest BCUT2D eigenvalue weighted by molar-refractivity contribution is 5.93. The number of nitrogens with one attached hydrogen (secondary N) is 2. The van der Waals surface area contributed by atoms with Crippen LogP contribution in [0.15, 0.2) is 47.5 Å². The van der Waals surface area contributed by atoms with Crippen molar-refractivity contribution in [2.75, 3.05) is 39.3 Å². The Morgan fingerprint density at radius 3 is 2.68 bits per heavy atom. The molecule has 0 spiro atoms. The van der Waals surface area contributed by atoms with Gasteiger partial charge in [0.05, 0.1) is 20.3 Å². The molecule has 0 saturated heterocycles. The van der Waals surface area contributed by atoms with E-state index in [1.165, 1.54) is 7.11 Å². The molecule has 3 N–H and O–H groups in total. The summed E-state index contributed by atoms with van der Waals surface area (Å²) in [5.41, 5.74) is 1.76. The van der Waals surface area contributed by atoms with Crippen LogP contribution in [-0.2, 0) is 11.3 Å². The molecule has 0 radical (unpaired) electrons. The number of phenols is 1. The van der Waals surface area contributed by atoms with Gasteiger partial charge in [-0.25, -0.2) is 4.99 Å². The molecule has 7 nitrogen and oxygen atoms in total. The minimum absolute atomic E-state index is 0.103. The number of phenolic OH excluding ortho intramolecular Hbond substituents is 1. The summed E-state index contributed by atoms with van der Waals surface area (Å²) in [6, 6.07) is 13.0. The van der Waals surface area contributed by atoms with Crippen molar-refractivity contribution in [1.82, 2.24) is 5.32 Å². The van der Waals surface area contributed by atoms with Gasteiger partial charge in [-0.05, 0) is 36.8 Å². The van der Waals surface area contributed by atoms with E-state index in [9.17, 15) is 5.11 Å². The lowest BCUT2D eigenvalue weighted by atomic mass is 10.2. The number of nitrogens with zero attached hydrogens (tertiary/aromatic N) is 1. The molecule has 0 atom stereocenters. The highest BCUT2D eigenvalue weighted by Gasteiger charge is 2.04. The first kappa shape index (κ1) is 21.4. The fraction of sp³-hybridized carbons (Fsp3) is 0.381. The molecule has 0 aliphatic carbocycles. The van der Waals surface area contributed by atoms with Crippen LogP contribution >= 0.6 is 0 Å². The summed E-state index contributed by atoms with van der Waals surface area (Å²) in [6.07, 6.45) is 0.840. The Morgan fingerprint density at radius 2 is 1.96 bits per heavy atom. The number of ether oxygens (including phenoxy) is 3. The maximum Gasteiger partial charge on any atom is 0.196 e. The van der Waals surface area contributed by atoms with Gasteiger partial charge in [0.25, 0.3) is 0 Å². The van der Waals surface area contributed by atoms with Gasteiger partial charge in [-0.15, -0.1) is 0 Å². The van der Waals surface area contributed by atoms with Crippen molar-refractivity contribution in [2.45, 2.75) is 19.9 Å². The summed E-state index contributed by atoms with van der Waals surface area (Å²) < 4.78 is 15.8. The third kappa shape index (κ3) is 7.00. The molecule has 0 bridgehead atoms. The third-order valence-corrected chi connectivity index (χ3v) is 3.87. The number of guanidine groups is 1. The van der Waals surface area contributed by atoms with Gasteiger partial charge in [-0.1, -0.05) is 12.1 Å². The second-order valence-electron chi connectivity index (χ2n) is 6.05. The van der Waals surface area contributed by atoms with Crippen LogP contribution in [0.1, 0.15) is 18.9 Å². The lowest BCUT2D eigenvalue weighted by Gasteiger charge is -2.13. The van der Waals surface area contributed by atoms with E-state index in [0.717, 1.165) is 30.0 Å². The Hall–Kier alpha value is -2.93. The Balaban J connectivity index is 2.01. The predicted molar refractivity (Wildman–Crippen MR) is 112 cm³/mol. The average Bonchev–Trinajstić information content (AvgIpc) is 2.70. The summed E-state index contributed by atoms with van der Waals surface area (Å²) in [5, 5.41) is 16.4. The van der Waals surface area contributed by atoms with Gasteiger partial charge in [0.1, 0.15) is 5.75 Å². The second kappa shape index (κ2) is 11.7. The standard InChI is InChI=1S/C21H29N3O4/c1-4-22-21(23-15-16-9-10-20(27-3)19(25)13-16)24-17-7-5-8-18(14-17)28-12-6-11-26-2/h5,7-10,13-14,25H,4,6,11-12,15H2,1-3H3,(H2,22,23,24). The number of benzene rings is 2. The summed E-state index contributed by atoms with van der Waals surface area (Å²) in [6.45, 7) is 4.43. The molecule has 28 heavy (non-hydrogen) atoms. The molecule has 0 unspecified atom stereocenters. The fourth-order valence-corrected chi connectivity index (χ4v) is 2.50. The number of methoxy groups -OCH3 is 2. The number of anilines is 1. The summed E-state index contributed by atoms with van der Waals surface area (Å²) in [4.78, 5) is 4.58. The third-order valence-electron chi connectivity index (χ3n) is 3.87. The Labute approximate surface area is 166 Å². The van der Waals surface area contributed by atoms with Gasteiger partial charge in [0, 0.05) is 38.4 Å². The molecule has 2 aromatic rings. The molecule has 0 saturated carbocycles. The average molecular weight is 387 g/mol. The molecular weight excluding hydrogens is 358 g/mol. The van der Waals surface area contributed by atoms with Gasteiger partial charge in [0.2, 0.25) is 0 Å². The van der Waals surface area contributed by atoms with E-state index < -0.39 is 0 Å². The first-order valence-corrected chi connectivity index (χ1v) is 9.29. The van der Waals surface area contributed by atoms with E-state index in [-0.39, 0.29) is 5.75 Å². The first-order chi connectivity index (χ1) is 13.7. The Morgan fingerprint density at radius 1 is 1.11 bits per heavy atom. The zero-order valence-corrected chi connectivity index (χ0v) is 16.7. The maximum absolute atomic E-state index is 9.90. The second-order valence-corrected chi connectivity index (χ2v) is 6.05. The molecule has 0 aliphatic heterocycles. The SMILES string of the molecule is CCNC(=NCc1ccc(OC)c(O)c1)Nc1cccc(OCCCOC)c1. The maximum atomic E-state index is 9.90. The molecule has 2 rings (SSSR count). The lowest BCUT2D eigenvalue weighted by Crippen LogP contribution is -2.30. The predicted octanol–water partition coefficient (Wildman–Crippen LogP) is 3.39. The summed E-state index contributed by atoms with van der Waals surface area (Å²) >= 11 is 0. The van der Waals surface area contributed by atoms with Crippen molar-refractivity contribution in [3.8, 4) is 17.2 Å². The molecule has 7 heteroatoms. The van der Waals surface area contributed by atoms with Crippen LogP contribution in [0.25, 0.3) is 0 Å². The van der Waals surface area contributed by atoms with Crippen molar-refractivity contribution in [3.05, 3.63) is 48.0 Å². The van der Waals surface area contributed by atoms with Crippen molar-refractivity contribution in [1.29, 1.82) is 0 Å². The van der Waals surface area contributed by atoms with Crippen LogP contribution in [0.3, 0.4) is 0 Å². The first-order valence-electron chi connectivity index (χ1n) is 9.29. The van der Waals surface area contributed by atoms with Gasteiger partial charge in [-0.2, -0.15) is 0 Å². The molecule has 0 aromatic heterocycles. The lowest BCUT2D eigenvalue weighted by molar-refractivity contribution is 0.172. The molecular formula is C21H29N3O4. The van der Waals surface area contributed by atoms with Gasteiger partial charge < -0.3 is 30.0 Å². The van der Waals surface area contributed by atoms with Gasteiger partial charge in [0.15, 0.2) is 17.5 Å². The number of hydrogen-bond acceptors (Lipinski definition) is 5.